The number of aromatic nitrogens is 2. The van der Waals surface area contributed by atoms with E-state index in [1.165, 1.54) is 24.8 Å². The second kappa shape index (κ2) is 5.99. The molecule has 0 spiro atoms. The first kappa shape index (κ1) is 14.2. The van der Waals surface area contributed by atoms with Crippen LogP contribution in [0, 0.1) is 6.92 Å². The summed E-state index contributed by atoms with van der Waals surface area (Å²) in [5.41, 5.74) is 4.49. The highest BCUT2D eigenvalue weighted by molar-refractivity contribution is 5.93. The molecule has 1 aromatic heterocycles. The van der Waals surface area contributed by atoms with E-state index in [0.29, 0.717) is 0 Å². The third kappa shape index (κ3) is 2.79. The molecule has 3 aromatic rings. The van der Waals surface area contributed by atoms with Gasteiger partial charge in [-0.05, 0) is 32.3 Å². The molecule has 0 bridgehead atoms. The summed E-state index contributed by atoms with van der Waals surface area (Å²) in [5.74, 6) is 0.874. The van der Waals surface area contributed by atoms with Gasteiger partial charge in [-0.15, -0.1) is 0 Å². The van der Waals surface area contributed by atoms with Crippen LogP contribution in [-0.4, -0.2) is 23.1 Å². The number of nitrogens with zero attached hydrogens (tertiary/aromatic N) is 3. The fourth-order valence-corrected chi connectivity index (χ4v) is 3.23. The fourth-order valence-electron chi connectivity index (χ4n) is 3.23. The van der Waals surface area contributed by atoms with Crippen molar-refractivity contribution in [1.29, 1.82) is 0 Å². The summed E-state index contributed by atoms with van der Waals surface area (Å²) in [6, 6.07) is 16.9. The van der Waals surface area contributed by atoms with Crippen molar-refractivity contribution in [3.05, 3.63) is 54.1 Å². The first-order valence-corrected chi connectivity index (χ1v) is 8.40. The van der Waals surface area contributed by atoms with Crippen molar-refractivity contribution in [3.63, 3.8) is 0 Å². The van der Waals surface area contributed by atoms with Crippen molar-refractivity contribution in [2.24, 2.45) is 0 Å². The van der Waals surface area contributed by atoms with Crippen molar-refractivity contribution in [1.82, 2.24) is 9.97 Å². The van der Waals surface area contributed by atoms with Crippen LogP contribution in [0.15, 0.2) is 48.5 Å². The number of hydrogen-bond donors (Lipinski definition) is 0. The Bertz CT molecular complexity index is 818. The van der Waals surface area contributed by atoms with E-state index in [9.17, 15) is 0 Å². The first-order valence-electron chi connectivity index (χ1n) is 8.40. The van der Waals surface area contributed by atoms with Crippen LogP contribution in [-0.2, 0) is 0 Å². The minimum atomic E-state index is 0.874. The summed E-state index contributed by atoms with van der Waals surface area (Å²) in [5, 5.41) is 1.12. The predicted octanol–water partition coefficient (Wildman–Crippen LogP) is 4.60. The number of anilines is 1. The summed E-state index contributed by atoms with van der Waals surface area (Å²) in [4.78, 5) is 12.1. The number of aryl methyl sites for hydroxylation is 1. The quantitative estimate of drug-likeness (QED) is 0.693. The molecular weight excluding hydrogens is 282 g/mol. The summed E-state index contributed by atoms with van der Waals surface area (Å²) < 4.78 is 0. The molecule has 0 saturated carbocycles. The van der Waals surface area contributed by atoms with Gasteiger partial charge in [0.25, 0.3) is 0 Å². The van der Waals surface area contributed by atoms with Crippen LogP contribution in [0.5, 0.6) is 0 Å². The van der Waals surface area contributed by atoms with Gasteiger partial charge in [-0.1, -0.05) is 48.0 Å². The minimum Gasteiger partial charge on any atom is -0.341 e. The Hall–Kier alpha value is -2.42. The maximum atomic E-state index is 4.94. The first-order chi connectivity index (χ1) is 11.3. The molecule has 2 heterocycles. The third-order valence-electron chi connectivity index (χ3n) is 4.56. The number of rotatable bonds is 2. The summed E-state index contributed by atoms with van der Waals surface area (Å²) in [7, 11) is 0. The van der Waals surface area contributed by atoms with Crippen molar-refractivity contribution in [2.45, 2.75) is 26.2 Å². The maximum absolute atomic E-state index is 4.94. The lowest BCUT2D eigenvalue weighted by Crippen LogP contribution is -2.31. The second-order valence-corrected chi connectivity index (χ2v) is 6.30. The third-order valence-corrected chi connectivity index (χ3v) is 4.56. The SMILES string of the molecule is Cc1ccc(-c2nc(N3CCCCC3)nc3ccccc23)cc1. The Kier molecular flexibility index (Phi) is 3.70. The lowest BCUT2D eigenvalue weighted by molar-refractivity contribution is 0.569. The normalized spacial score (nSPS) is 15.1. The van der Waals surface area contributed by atoms with Crippen LogP contribution < -0.4 is 4.90 Å². The van der Waals surface area contributed by atoms with Crippen LogP contribution >= 0.6 is 0 Å². The molecule has 1 aliphatic heterocycles. The number of para-hydroxylation sites is 1. The highest BCUT2D eigenvalue weighted by atomic mass is 15.3. The molecular formula is C20H21N3. The predicted molar refractivity (Wildman–Crippen MR) is 95.8 cm³/mol. The molecule has 0 N–H and O–H groups in total. The number of hydrogen-bond acceptors (Lipinski definition) is 3. The van der Waals surface area contributed by atoms with E-state index in [1.54, 1.807) is 0 Å². The van der Waals surface area contributed by atoms with E-state index >= 15 is 0 Å². The van der Waals surface area contributed by atoms with Crippen molar-refractivity contribution in [3.8, 4) is 11.3 Å². The monoisotopic (exact) mass is 303 g/mol. The Balaban J connectivity index is 1.88. The second-order valence-electron chi connectivity index (χ2n) is 6.30. The zero-order valence-electron chi connectivity index (χ0n) is 13.5. The van der Waals surface area contributed by atoms with Gasteiger partial charge in [0.15, 0.2) is 0 Å². The molecule has 0 radical (unpaired) electrons. The molecule has 3 heteroatoms. The zero-order chi connectivity index (χ0) is 15.6. The average molecular weight is 303 g/mol. The number of piperidine rings is 1. The lowest BCUT2D eigenvalue weighted by atomic mass is 10.0. The highest BCUT2D eigenvalue weighted by Crippen LogP contribution is 2.29. The van der Waals surface area contributed by atoms with E-state index < -0.39 is 0 Å². The van der Waals surface area contributed by atoms with Gasteiger partial charge in [0.2, 0.25) is 5.95 Å². The molecule has 1 fully saturated rings. The van der Waals surface area contributed by atoms with Crippen LogP contribution in [0.1, 0.15) is 24.8 Å². The Morgan fingerprint density at radius 2 is 1.57 bits per heavy atom. The molecule has 2 aromatic carbocycles. The topological polar surface area (TPSA) is 29.0 Å². The molecule has 4 rings (SSSR count). The molecule has 116 valence electrons. The van der Waals surface area contributed by atoms with Crippen molar-refractivity contribution in [2.75, 3.05) is 18.0 Å². The molecule has 0 atom stereocenters. The van der Waals surface area contributed by atoms with Gasteiger partial charge in [-0.3, -0.25) is 0 Å². The molecule has 0 amide bonds. The van der Waals surface area contributed by atoms with E-state index in [-0.39, 0.29) is 0 Å². The van der Waals surface area contributed by atoms with Crippen molar-refractivity contribution >= 4 is 16.9 Å². The largest absolute Gasteiger partial charge is 0.341 e. The summed E-state index contributed by atoms with van der Waals surface area (Å²) in [6.07, 6.45) is 3.78. The molecule has 0 unspecified atom stereocenters. The number of fused-ring (bicyclic) bond motifs is 1. The van der Waals surface area contributed by atoms with Gasteiger partial charge in [-0.25, -0.2) is 9.97 Å². The molecule has 0 aliphatic carbocycles. The van der Waals surface area contributed by atoms with Crippen LogP contribution in [0.3, 0.4) is 0 Å². The van der Waals surface area contributed by atoms with Gasteiger partial charge >= 0.3 is 0 Å². The Morgan fingerprint density at radius 3 is 2.35 bits per heavy atom. The molecule has 1 saturated heterocycles. The van der Waals surface area contributed by atoms with E-state index in [2.05, 4.69) is 54.3 Å². The average Bonchev–Trinajstić information content (AvgIpc) is 2.62. The van der Waals surface area contributed by atoms with Crippen LogP contribution in [0.2, 0.25) is 0 Å². The van der Waals surface area contributed by atoms with Crippen LogP contribution in [0.4, 0.5) is 5.95 Å². The van der Waals surface area contributed by atoms with Gasteiger partial charge < -0.3 is 4.90 Å². The van der Waals surface area contributed by atoms with Gasteiger partial charge in [0.05, 0.1) is 11.2 Å². The zero-order valence-corrected chi connectivity index (χ0v) is 13.5. The molecule has 3 nitrogen and oxygen atoms in total. The Labute approximate surface area is 137 Å². The molecule has 23 heavy (non-hydrogen) atoms. The molecule has 1 aliphatic rings. The van der Waals surface area contributed by atoms with E-state index in [4.69, 9.17) is 9.97 Å². The Morgan fingerprint density at radius 1 is 0.826 bits per heavy atom. The van der Waals surface area contributed by atoms with E-state index in [1.807, 2.05) is 6.07 Å². The lowest BCUT2D eigenvalue weighted by Gasteiger charge is -2.27. The van der Waals surface area contributed by atoms with Gasteiger partial charge in [-0.2, -0.15) is 0 Å². The summed E-state index contributed by atoms with van der Waals surface area (Å²) in [6.45, 7) is 4.23. The standard InChI is InChI=1S/C20H21N3/c1-15-9-11-16(12-10-15)19-17-7-3-4-8-18(17)21-20(22-19)23-13-5-2-6-14-23/h3-4,7-12H,2,5-6,13-14H2,1H3. The smallest absolute Gasteiger partial charge is 0.226 e. The summed E-state index contributed by atoms with van der Waals surface area (Å²) >= 11 is 0. The minimum absolute atomic E-state index is 0.874. The van der Waals surface area contributed by atoms with Crippen molar-refractivity contribution < 1.29 is 0 Å². The van der Waals surface area contributed by atoms with E-state index in [0.717, 1.165) is 41.2 Å². The van der Waals surface area contributed by atoms with Gasteiger partial charge in [0, 0.05) is 24.0 Å². The highest BCUT2D eigenvalue weighted by Gasteiger charge is 2.16. The van der Waals surface area contributed by atoms with Crippen LogP contribution in [0.25, 0.3) is 22.2 Å². The number of benzene rings is 2. The maximum Gasteiger partial charge on any atom is 0.226 e. The fraction of sp³-hybridized carbons (Fsp3) is 0.300. The van der Waals surface area contributed by atoms with Gasteiger partial charge in [0.1, 0.15) is 0 Å².